The molecule has 1 aromatic heterocycles. The van der Waals surface area contributed by atoms with Crippen LogP contribution in [0.3, 0.4) is 0 Å². The highest BCUT2D eigenvalue weighted by Gasteiger charge is 2.26. The van der Waals surface area contributed by atoms with E-state index in [1.54, 1.807) is 19.1 Å². The Hall–Kier alpha value is -3.05. The van der Waals surface area contributed by atoms with Gasteiger partial charge in [0.05, 0.1) is 32.0 Å². The minimum atomic E-state index is -0.443. The van der Waals surface area contributed by atoms with Crippen molar-refractivity contribution in [3.63, 3.8) is 0 Å². The Morgan fingerprint density at radius 3 is 2.16 bits per heavy atom. The molecule has 0 spiro atoms. The summed E-state index contributed by atoms with van der Waals surface area (Å²) in [6.07, 6.45) is 5.02. The third-order valence-corrected chi connectivity index (χ3v) is 7.00. The Balaban J connectivity index is 1.75. The zero-order chi connectivity index (χ0) is 26.8. The number of thiocarbonyl (C=S) groups is 1. The van der Waals surface area contributed by atoms with Crippen molar-refractivity contribution in [3.8, 4) is 17.2 Å². The van der Waals surface area contributed by atoms with E-state index in [1.807, 2.05) is 20.8 Å². The number of nitrogens with one attached hydrogen (secondary N) is 3. The highest BCUT2D eigenvalue weighted by atomic mass is 32.1. The number of hydrogen-bond acceptors (Lipinski definition) is 8. The molecule has 202 valence electrons. The van der Waals surface area contributed by atoms with E-state index < -0.39 is 5.91 Å². The van der Waals surface area contributed by atoms with E-state index in [0.29, 0.717) is 53.2 Å². The van der Waals surface area contributed by atoms with Crippen LogP contribution in [0.5, 0.6) is 17.2 Å². The van der Waals surface area contributed by atoms with Crippen molar-refractivity contribution < 1.29 is 28.5 Å². The van der Waals surface area contributed by atoms with Gasteiger partial charge in [-0.1, -0.05) is 6.42 Å². The number of aryl methyl sites for hydroxylation is 1. The van der Waals surface area contributed by atoms with Crippen LogP contribution in [0, 0.1) is 0 Å². The van der Waals surface area contributed by atoms with Gasteiger partial charge in [0.1, 0.15) is 5.00 Å². The van der Waals surface area contributed by atoms with E-state index >= 15 is 0 Å². The van der Waals surface area contributed by atoms with Crippen molar-refractivity contribution in [2.75, 3.05) is 31.7 Å². The van der Waals surface area contributed by atoms with Crippen molar-refractivity contribution >= 4 is 45.5 Å². The summed E-state index contributed by atoms with van der Waals surface area (Å²) in [5.41, 5.74) is 7.20. The average molecular weight is 550 g/mol. The standard InChI is InChI=1S/C26H35N3O6S2/c1-5-32-18-14-16(15-19(33-6-2)22(18)34-7-3)23(30)28-29-26(36)27-24-21(25(31)35-8-4)17-12-10-9-11-13-20(17)37-24/h14-15H,5-13H2,1-4H3,(H,28,30)(H2,27,29,36). The van der Waals surface area contributed by atoms with Crippen molar-refractivity contribution in [3.05, 3.63) is 33.7 Å². The fraction of sp³-hybridized carbons (Fsp3) is 0.500. The van der Waals surface area contributed by atoms with Gasteiger partial charge in [-0.25, -0.2) is 4.79 Å². The molecular weight excluding hydrogens is 514 g/mol. The van der Waals surface area contributed by atoms with Crippen LogP contribution in [-0.4, -0.2) is 43.4 Å². The van der Waals surface area contributed by atoms with Gasteiger partial charge < -0.3 is 24.3 Å². The molecule has 1 amide bonds. The number of carbonyl (C=O) groups is 2. The minimum Gasteiger partial charge on any atom is -0.490 e. The van der Waals surface area contributed by atoms with Crippen LogP contribution in [0.1, 0.15) is 78.1 Å². The van der Waals surface area contributed by atoms with Gasteiger partial charge in [-0.15, -0.1) is 11.3 Å². The molecule has 3 rings (SSSR count). The topological polar surface area (TPSA) is 107 Å². The SMILES string of the molecule is CCOC(=O)c1c(NC(=S)NNC(=O)c2cc(OCC)c(OCC)c(OCC)c2)sc2c1CCCCC2. The number of amides is 1. The van der Waals surface area contributed by atoms with Gasteiger partial charge in [-0.05, 0) is 83.3 Å². The van der Waals surface area contributed by atoms with Crippen molar-refractivity contribution in [1.82, 2.24) is 10.9 Å². The molecule has 1 heterocycles. The molecule has 0 unspecified atom stereocenters. The van der Waals surface area contributed by atoms with Crippen LogP contribution in [0.4, 0.5) is 5.00 Å². The maximum atomic E-state index is 13.0. The first-order valence-electron chi connectivity index (χ1n) is 12.7. The van der Waals surface area contributed by atoms with E-state index in [0.717, 1.165) is 37.7 Å². The Morgan fingerprint density at radius 2 is 1.54 bits per heavy atom. The Labute approximate surface area is 227 Å². The molecule has 0 aliphatic heterocycles. The number of rotatable bonds is 10. The van der Waals surface area contributed by atoms with Crippen LogP contribution in [0.25, 0.3) is 0 Å². The number of fused-ring (bicyclic) bond motifs is 1. The van der Waals surface area contributed by atoms with Crippen molar-refractivity contribution in [2.24, 2.45) is 0 Å². The number of benzene rings is 1. The second-order valence-corrected chi connectivity index (χ2v) is 9.64. The summed E-state index contributed by atoms with van der Waals surface area (Å²) in [4.78, 5) is 26.9. The molecule has 0 radical (unpaired) electrons. The lowest BCUT2D eigenvalue weighted by atomic mass is 10.1. The zero-order valence-corrected chi connectivity index (χ0v) is 23.4. The molecule has 1 aromatic carbocycles. The normalized spacial score (nSPS) is 12.5. The summed E-state index contributed by atoms with van der Waals surface area (Å²) in [5, 5.41) is 3.85. The first-order valence-corrected chi connectivity index (χ1v) is 13.9. The number of esters is 1. The number of hydrogen-bond donors (Lipinski definition) is 3. The number of anilines is 1. The molecule has 0 bridgehead atoms. The summed E-state index contributed by atoms with van der Waals surface area (Å²) in [7, 11) is 0. The third kappa shape index (κ3) is 7.26. The summed E-state index contributed by atoms with van der Waals surface area (Å²) >= 11 is 6.93. The zero-order valence-electron chi connectivity index (χ0n) is 21.8. The molecule has 0 atom stereocenters. The largest absolute Gasteiger partial charge is 0.490 e. The predicted molar refractivity (Wildman–Crippen MR) is 148 cm³/mol. The molecule has 9 nitrogen and oxygen atoms in total. The first-order chi connectivity index (χ1) is 17.9. The van der Waals surface area contributed by atoms with Gasteiger partial charge in [0.25, 0.3) is 5.91 Å². The van der Waals surface area contributed by atoms with Gasteiger partial charge in [0, 0.05) is 10.4 Å². The summed E-state index contributed by atoms with van der Waals surface area (Å²) in [6, 6.07) is 3.19. The van der Waals surface area contributed by atoms with Crippen LogP contribution in [0.15, 0.2) is 12.1 Å². The second-order valence-electron chi connectivity index (χ2n) is 8.12. The van der Waals surface area contributed by atoms with Gasteiger partial charge >= 0.3 is 5.97 Å². The molecule has 11 heteroatoms. The summed E-state index contributed by atoms with van der Waals surface area (Å²) in [6.45, 7) is 8.86. The number of ether oxygens (including phenoxy) is 4. The molecule has 1 aliphatic carbocycles. The van der Waals surface area contributed by atoms with Crippen molar-refractivity contribution in [1.29, 1.82) is 0 Å². The highest BCUT2D eigenvalue weighted by Crippen LogP contribution is 2.39. The van der Waals surface area contributed by atoms with Gasteiger partial charge in [-0.2, -0.15) is 0 Å². The Morgan fingerprint density at radius 1 is 0.892 bits per heavy atom. The number of thiophene rings is 1. The molecule has 37 heavy (non-hydrogen) atoms. The minimum absolute atomic E-state index is 0.149. The van der Waals surface area contributed by atoms with Crippen LogP contribution >= 0.6 is 23.6 Å². The van der Waals surface area contributed by atoms with E-state index in [-0.39, 0.29) is 17.7 Å². The Bertz CT molecular complexity index is 1090. The molecule has 2 aromatic rings. The third-order valence-electron chi connectivity index (χ3n) is 5.59. The smallest absolute Gasteiger partial charge is 0.341 e. The fourth-order valence-corrected chi connectivity index (χ4v) is 5.59. The summed E-state index contributed by atoms with van der Waals surface area (Å²) in [5.74, 6) is 0.483. The van der Waals surface area contributed by atoms with Gasteiger partial charge in [0.2, 0.25) is 5.75 Å². The molecule has 0 fully saturated rings. The lowest BCUT2D eigenvalue weighted by molar-refractivity contribution is 0.0526. The van der Waals surface area contributed by atoms with Gasteiger partial charge in [0.15, 0.2) is 16.6 Å². The van der Waals surface area contributed by atoms with Crippen LogP contribution in [-0.2, 0) is 17.6 Å². The van der Waals surface area contributed by atoms with E-state index in [9.17, 15) is 9.59 Å². The maximum Gasteiger partial charge on any atom is 0.341 e. The number of hydrazine groups is 1. The summed E-state index contributed by atoms with van der Waals surface area (Å²) < 4.78 is 22.4. The van der Waals surface area contributed by atoms with E-state index in [2.05, 4.69) is 16.2 Å². The van der Waals surface area contributed by atoms with Crippen molar-refractivity contribution in [2.45, 2.75) is 59.8 Å². The van der Waals surface area contributed by atoms with Crippen LogP contribution in [0.2, 0.25) is 0 Å². The highest BCUT2D eigenvalue weighted by molar-refractivity contribution is 7.80. The van der Waals surface area contributed by atoms with E-state index in [4.69, 9.17) is 31.2 Å². The number of carbonyl (C=O) groups excluding carboxylic acids is 2. The quantitative estimate of drug-likeness (QED) is 0.163. The fourth-order valence-electron chi connectivity index (χ4n) is 4.09. The molecule has 1 aliphatic rings. The second kappa shape index (κ2) is 14.0. The van der Waals surface area contributed by atoms with Crippen LogP contribution < -0.4 is 30.4 Å². The maximum absolute atomic E-state index is 13.0. The lowest BCUT2D eigenvalue weighted by Crippen LogP contribution is -2.43. The lowest BCUT2D eigenvalue weighted by Gasteiger charge is -2.17. The first kappa shape index (κ1) is 28.5. The molecular formula is C26H35N3O6S2. The molecule has 3 N–H and O–H groups in total. The Kier molecular flexibility index (Phi) is 10.8. The van der Waals surface area contributed by atoms with Gasteiger partial charge in [-0.3, -0.25) is 15.6 Å². The predicted octanol–water partition coefficient (Wildman–Crippen LogP) is 5.02. The molecule has 0 saturated heterocycles. The van der Waals surface area contributed by atoms with E-state index in [1.165, 1.54) is 16.2 Å². The monoisotopic (exact) mass is 549 g/mol. The molecule has 0 saturated carbocycles. The average Bonchev–Trinajstić information content (AvgIpc) is 3.04.